The van der Waals surface area contributed by atoms with E-state index in [1.165, 1.54) is 12.8 Å². The molecule has 2 heterocycles. The van der Waals surface area contributed by atoms with Gasteiger partial charge in [-0.2, -0.15) is 0 Å². The smallest absolute Gasteiger partial charge is 0.237 e. The quantitative estimate of drug-likeness (QED) is 0.626. The van der Waals surface area contributed by atoms with Crippen LogP contribution in [0.3, 0.4) is 0 Å². The van der Waals surface area contributed by atoms with Gasteiger partial charge in [-0.25, -0.2) is 0 Å². The molecule has 74 valence electrons. The van der Waals surface area contributed by atoms with Gasteiger partial charge >= 0.3 is 0 Å². The topological polar surface area (TPSA) is 32.3 Å². The molecule has 0 unspecified atom stereocenters. The predicted octanol–water partition coefficient (Wildman–Crippen LogP) is 0.437. The van der Waals surface area contributed by atoms with Gasteiger partial charge in [0, 0.05) is 18.5 Å². The van der Waals surface area contributed by atoms with Crippen molar-refractivity contribution >= 4 is 17.5 Å². The Bertz CT molecular complexity index is 206. The summed E-state index contributed by atoms with van der Waals surface area (Å²) in [4.78, 5) is 13.1. The molecule has 0 aliphatic carbocycles. The summed E-state index contributed by atoms with van der Waals surface area (Å²) in [6, 6.07) is 0. The molecule has 2 saturated heterocycles. The van der Waals surface area contributed by atoms with Gasteiger partial charge in [-0.15, -0.1) is 11.6 Å². The Hall–Kier alpha value is -0.280. The Balaban J connectivity index is 1.85. The zero-order chi connectivity index (χ0) is 9.31. The summed E-state index contributed by atoms with van der Waals surface area (Å²) in [7, 11) is 0. The van der Waals surface area contributed by atoms with Crippen LogP contribution in [-0.2, 0) is 4.79 Å². The summed E-state index contributed by atoms with van der Waals surface area (Å²) < 4.78 is 0. The van der Waals surface area contributed by atoms with Crippen LogP contribution in [0, 0.1) is 5.41 Å². The van der Waals surface area contributed by atoms with E-state index in [0.717, 1.165) is 26.2 Å². The van der Waals surface area contributed by atoms with Crippen LogP contribution >= 0.6 is 11.6 Å². The monoisotopic (exact) mass is 202 g/mol. The third-order valence-electron chi connectivity index (χ3n) is 3.18. The van der Waals surface area contributed by atoms with Crippen LogP contribution < -0.4 is 5.32 Å². The number of likely N-dealkylation sites (tertiary alicyclic amines) is 1. The largest absolute Gasteiger partial charge is 0.340 e. The first-order valence-corrected chi connectivity index (χ1v) is 5.34. The van der Waals surface area contributed by atoms with E-state index in [1.807, 2.05) is 4.90 Å². The van der Waals surface area contributed by atoms with Crippen molar-refractivity contribution in [2.75, 3.05) is 32.1 Å². The Morgan fingerprint density at radius 3 is 2.54 bits per heavy atom. The number of piperidine rings is 1. The Morgan fingerprint density at radius 2 is 2.00 bits per heavy atom. The lowest BCUT2D eigenvalue weighted by atomic mass is 9.72. The standard InChI is InChI=1S/C9H15ClN2O/c10-5-8(13)12-6-9(7-12)1-3-11-4-2-9/h11H,1-7H2. The van der Waals surface area contributed by atoms with Gasteiger partial charge in [0.1, 0.15) is 5.88 Å². The number of nitrogens with one attached hydrogen (secondary N) is 1. The molecule has 0 atom stereocenters. The van der Waals surface area contributed by atoms with Crippen molar-refractivity contribution in [1.29, 1.82) is 0 Å². The van der Waals surface area contributed by atoms with Crippen molar-refractivity contribution < 1.29 is 4.79 Å². The van der Waals surface area contributed by atoms with Gasteiger partial charge in [0.05, 0.1) is 0 Å². The molecule has 2 aliphatic heterocycles. The first-order valence-electron chi connectivity index (χ1n) is 4.80. The molecular weight excluding hydrogens is 188 g/mol. The lowest BCUT2D eigenvalue weighted by Gasteiger charge is -2.52. The van der Waals surface area contributed by atoms with E-state index >= 15 is 0 Å². The number of nitrogens with zero attached hydrogens (tertiary/aromatic N) is 1. The average Bonchev–Trinajstić information content (AvgIpc) is 2.14. The molecule has 4 heteroatoms. The third-order valence-corrected chi connectivity index (χ3v) is 3.41. The maximum atomic E-state index is 11.2. The molecule has 0 radical (unpaired) electrons. The Morgan fingerprint density at radius 1 is 1.38 bits per heavy atom. The number of carbonyl (C=O) groups excluding carboxylic acids is 1. The number of amides is 1. The van der Waals surface area contributed by atoms with Crippen LogP contribution in [0.4, 0.5) is 0 Å². The average molecular weight is 203 g/mol. The minimum atomic E-state index is 0.0887. The maximum absolute atomic E-state index is 11.2. The highest BCUT2D eigenvalue weighted by Crippen LogP contribution is 2.38. The number of alkyl halides is 1. The van der Waals surface area contributed by atoms with E-state index in [4.69, 9.17) is 11.6 Å². The van der Waals surface area contributed by atoms with Gasteiger partial charge in [0.15, 0.2) is 0 Å². The fourth-order valence-corrected chi connectivity index (χ4v) is 2.47. The number of halogens is 1. The molecule has 1 N–H and O–H groups in total. The highest BCUT2D eigenvalue weighted by molar-refractivity contribution is 6.27. The molecule has 1 spiro atoms. The van der Waals surface area contributed by atoms with Gasteiger partial charge in [-0.3, -0.25) is 4.79 Å². The molecular formula is C9H15ClN2O. The summed E-state index contributed by atoms with van der Waals surface area (Å²) >= 11 is 5.48. The van der Waals surface area contributed by atoms with E-state index < -0.39 is 0 Å². The minimum absolute atomic E-state index is 0.0887. The van der Waals surface area contributed by atoms with E-state index in [1.54, 1.807) is 0 Å². The summed E-state index contributed by atoms with van der Waals surface area (Å²) in [5, 5.41) is 3.34. The van der Waals surface area contributed by atoms with Crippen LogP contribution in [0.25, 0.3) is 0 Å². The van der Waals surface area contributed by atoms with Gasteiger partial charge in [-0.05, 0) is 25.9 Å². The molecule has 0 aromatic carbocycles. The van der Waals surface area contributed by atoms with E-state index in [2.05, 4.69) is 5.32 Å². The Labute approximate surface area is 83.4 Å². The molecule has 2 aliphatic rings. The van der Waals surface area contributed by atoms with Crippen molar-refractivity contribution in [3.63, 3.8) is 0 Å². The molecule has 0 bridgehead atoms. The summed E-state index contributed by atoms with van der Waals surface area (Å²) in [6.45, 7) is 4.06. The first-order chi connectivity index (χ1) is 6.26. The molecule has 13 heavy (non-hydrogen) atoms. The second kappa shape index (κ2) is 3.46. The zero-order valence-electron chi connectivity index (χ0n) is 7.68. The molecule has 2 rings (SSSR count). The number of carbonyl (C=O) groups is 1. The van der Waals surface area contributed by atoms with Gasteiger partial charge in [-0.1, -0.05) is 0 Å². The van der Waals surface area contributed by atoms with Crippen LogP contribution in [0.15, 0.2) is 0 Å². The fraction of sp³-hybridized carbons (Fsp3) is 0.889. The van der Waals surface area contributed by atoms with Gasteiger partial charge in [0.25, 0.3) is 0 Å². The van der Waals surface area contributed by atoms with Crippen molar-refractivity contribution in [2.24, 2.45) is 5.41 Å². The van der Waals surface area contributed by atoms with Crippen molar-refractivity contribution in [1.82, 2.24) is 10.2 Å². The second-order valence-corrected chi connectivity index (χ2v) is 4.40. The molecule has 3 nitrogen and oxygen atoms in total. The second-order valence-electron chi connectivity index (χ2n) is 4.13. The van der Waals surface area contributed by atoms with E-state index in [-0.39, 0.29) is 11.8 Å². The van der Waals surface area contributed by atoms with E-state index in [9.17, 15) is 4.79 Å². The minimum Gasteiger partial charge on any atom is -0.340 e. The number of hydrogen-bond donors (Lipinski definition) is 1. The molecule has 0 saturated carbocycles. The molecule has 0 aromatic rings. The maximum Gasteiger partial charge on any atom is 0.237 e. The van der Waals surface area contributed by atoms with Crippen LogP contribution in [0.2, 0.25) is 0 Å². The number of hydrogen-bond acceptors (Lipinski definition) is 2. The number of rotatable bonds is 1. The molecule has 2 fully saturated rings. The zero-order valence-corrected chi connectivity index (χ0v) is 8.44. The fourth-order valence-electron chi connectivity index (χ4n) is 2.30. The van der Waals surface area contributed by atoms with Crippen LogP contribution in [0.5, 0.6) is 0 Å². The van der Waals surface area contributed by atoms with Gasteiger partial charge in [0.2, 0.25) is 5.91 Å². The van der Waals surface area contributed by atoms with Crippen LogP contribution in [0.1, 0.15) is 12.8 Å². The molecule has 0 aromatic heterocycles. The van der Waals surface area contributed by atoms with Crippen molar-refractivity contribution in [2.45, 2.75) is 12.8 Å². The van der Waals surface area contributed by atoms with Gasteiger partial charge < -0.3 is 10.2 Å². The third kappa shape index (κ3) is 1.67. The Kier molecular flexibility index (Phi) is 2.47. The lowest BCUT2D eigenvalue weighted by molar-refractivity contribution is -0.142. The molecule has 1 amide bonds. The normalized spacial score (nSPS) is 25.8. The SMILES string of the molecule is O=C(CCl)N1CC2(CCNCC2)C1. The van der Waals surface area contributed by atoms with Crippen molar-refractivity contribution in [3.05, 3.63) is 0 Å². The lowest BCUT2D eigenvalue weighted by Crippen LogP contribution is -2.61. The van der Waals surface area contributed by atoms with Crippen molar-refractivity contribution in [3.8, 4) is 0 Å². The summed E-state index contributed by atoms with van der Waals surface area (Å²) in [6.07, 6.45) is 2.41. The van der Waals surface area contributed by atoms with E-state index in [0.29, 0.717) is 5.41 Å². The highest BCUT2D eigenvalue weighted by atomic mass is 35.5. The van der Waals surface area contributed by atoms with Crippen LogP contribution in [-0.4, -0.2) is 42.9 Å². The highest BCUT2D eigenvalue weighted by Gasteiger charge is 2.44. The summed E-state index contributed by atoms with van der Waals surface area (Å²) in [5.74, 6) is 0.222. The first kappa shape index (κ1) is 9.28. The summed E-state index contributed by atoms with van der Waals surface area (Å²) in [5.41, 5.74) is 0.437. The predicted molar refractivity (Wildman–Crippen MR) is 51.8 cm³/mol.